The molecule has 0 spiro atoms. The average molecular weight is 200 g/mol. The van der Waals surface area contributed by atoms with Crippen molar-refractivity contribution >= 4 is 0 Å². The summed E-state index contributed by atoms with van der Waals surface area (Å²) in [5.41, 5.74) is 1.43. The fourth-order valence-electron chi connectivity index (χ4n) is 3.12. The third-order valence-electron chi connectivity index (χ3n) is 3.84. The molecule has 2 bridgehead atoms. The third kappa shape index (κ3) is 1.01. The normalized spacial score (nSPS) is 45.2. The Labute approximate surface area is 88.4 Å². The van der Waals surface area contributed by atoms with Crippen molar-refractivity contribution in [2.75, 3.05) is 0 Å². The first kappa shape index (κ1) is 8.08. The number of hydrogen-bond donors (Lipinski definition) is 0. The molecule has 5 atom stereocenters. The molecule has 0 N–H and O–H groups in total. The lowest BCUT2D eigenvalue weighted by Gasteiger charge is -2.28. The number of hydrogen-bond acceptors (Lipinski definition) is 2. The fourth-order valence-corrected chi connectivity index (χ4v) is 3.12. The molecule has 0 aromatic heterocycles. The maximum atomic E-state index is 5.30. The highest BCUT2D eigenvalue weighted by molar-refractivity contribution is 5.35. The smallest absolute Gasteiger partial charge is 0.115 e. The van der Waals surface area contributed by atoms with Crippen molar-refractivity contribution in [1.82, 2.24) is 0 Å². The first-order valence-corrected chi connectivity index (χ1v) is 5.50. The van der Waals surface area contributed by atoms with Gasteiger partial charge in [-0.05, 0) is 11.5 Å². The summed E-state index contributed by atoms with van der Waals surface area (Å²) in [6, 6.07) is 10.7. The Morgan fingerprint density at radius 1 is 0.800 bits per heavy atom. The summed E-state index contributed by atoms with van der Waals surface area (Å²) in [4.78, 5) is 10.6. The van der Waals surface area contributed by atoms with Crippen molar-refractivity contribution < 1.29 is 9.78 Å². The molecule has 0 radical (unpaired) electrons. The van der Waals surface area contributed by atoms with E-state index in [-0.39, 0.29) is 12.2 Å². The summed E-state index contributed by atoms with van der Waals surface area (Å²) in [6.45, 7) is 0. The predicted molar refractivity (Wildman–Crippen MR) is 55.0 cm³/mol. The van der Waals surface area contributed by atoms with Gasteiger partial charge in [0.2, 0.25) is 0 Å². The van der Waals surface area contributed by atoms with Crippen LogP contribution in [0.15, 0.2) is 42.5 Å². The first-order chi connectivity index (χ1) is 7.45. The van der Waals surface area contributed by atoms with Gasteiger partial charge in [0.1, 0.15) is 12.2 Å². The highest BCUT2D eigenvalue weighted by Crippen LogP contribution is 2.63. The Kier molecular flexibility index (Phi) is 1.46. The Balaban J connectivity index is 1.69. The summed E-state index contributed by atoms with van der Waals surface area (Å²) in [5.74, 6) is 1.94. The van der Waals surface area contributed by atoms with Crippen LogP contribution in [0.25, 0.3) is 0 Å². The zero-order valence-electron chi connectivity index (χ0n) is 8.24. The van der Waals surface area contributed by atoms with Gasteiger partial charge < -0.3 is 0 Å². The fraction of sp³-hybridized carbons (Fsp3) is 0.385. The SMILES string of the molecule is C1=C[C@H]2OO[C@@H]1[C@@H]1C(c3ccccc3)[C@H]12. The number of benzene rings is 1. The van der Waals surface area contributed by atoms with Crippen molar-refractivity contribution in [3.8, 4) is 0 Å². The Bertz CT molecular complexity index is 392. The molecule has 4 aliphatic rings. The van der Waals surface area contributed by atoms with Gasteiger partial charge in [-0.15, -0.1) is 0 Å². The van der Waals surface area contributed by atoms with E-state index < -0.39 is 0 Å². The lowest BCUT2D eigenvalue weighted by Crippen LogP contribution is -2.32. The van der Waals surface area contributed by atoms with Gasteiger partial charge in [0.05, 0.1) is 0 Å². The van der Waals surface area contributed by atoms with Crippen molar-refractivity contribution in [1.29, 1.82) is 0 Å². The zero-order valence-corrected chi connectivity index (χ0v) is 8.24. The van der Waals surface area contributed by atoms with Crippen molar-refractivity contribution in [3.05, 3.63) is 48.0 Å². The maximum Gasteiger partial charge on any atom is 0.115 e. The van der Waals surface area contributed by atoms with Crippen molar-refractivity contribution in [3.63, 3.8) is 0 Å². The summed E-state index contributed by atoms with van der Waals surface area (Å²) in [6.07, 6.45) is 4.67. The zero-order chi connectivity index (χ0) is 9.83. The maximum absolute atomic E-state index is 5.30. The van der Waals surface area contributed by atoms with E-state index >= 15 is 0 Å². The van der Waals surface area contributed by atoms with E-state index in [1.807, 2.05) is 0 Å². The monoisotopic (exact) mass is 200 g/mol. The molecule has 1 aromatic rings. The van der Waals surface area contributed by atoms with Gasteiger partial charge in [-0.25, -0.2) is 9.78 Å². The molecule has 5 rings (SSSR count). The standard InChI is InChI=1S/C13H12O2/c1-2-4-8(5-3-1)11-12-9-6-7-10(13(11)12)15-14-9/h1-7,9-13H/t9-,10+,11?,12-,13-/m1/s1. The van der Waals surface area contributed by atoms with Crippen LogP contribution in [0.1, 0.15) is 11.5 Å². The van der Waals surface area contributed by atoms with Crippen LogP contribution in [0.2, 0.25) is 0 Å². The molecule has 1 aromatic carbocycles. The molecule has 1 unspecified atom stereocenters. The molecular formula is C13H12O2. The first-order valence-electron chi connectivity index (χ1n) is 5.50. The van der Waals surface area contributed by atoms with Crippen molar-refractivity contribution in [2.45, 2.75) is 18.1 Å². The topological polar surface area (TPSA) is 18.5 Å². The molecule has 2 aliphatic carbocycles. The number of fused-ring (bicyclic) bond motifs is 1. The van der Waals surface area contributed by atoms with Crippen LogP contribution in [-0.4, -0.2) is 12.2 Å². The van der Waals surface area contributed by atoms with Crippen LogP contribution in [0, 0.1) is 11.8 Å². The highest BCUT2D eigenvalue weighted by Gasteiger charge is 2.63. The van der Waals surface area contributed by atoms with E-state index in [4.69, 9.17) is 9.78 Å². The molecule has 1 saturated carbocycles. The Hall–Kier alpha value is -1.12. The lowest BCUT2D eigenvalue weighted by atomic mass is 10.0. The molecule has 76 valence electrons. The van der Waals surface area contributed by atoms with Crippen LogP contribution in [0.4, 0.5) is 0 Å². The molecule has 2 fully saturated rings. The average Bonchev–Trinajstić information content (AvgIpc) is 3.09. The van der Waals surface area contributed by atoms with E-state index in [0.29, 0.717) is 17.8 Å². The van der Waals surface area contributed by atoms with Gasteiger partial charge in [-0.3, -0.25) is 0 Å². The van der Waals surface area contributed by atoms with E-state index in [1.165, 1.54) is 5.56 Å². The van der Waals surface area contributed by atoms with Crippen LogP contribution in [0.5, 0.6) is 0 Å². The Morgan fingerprint density at radius 2 is 1.40 bits per heavy atom. The van der Waals surface area contributed by atoms with E-state index in [2.05, 4.69) is 42.5 Å². The highest BCUT2D eigenvalue weighted by atomic mass is 17.2. The summed E-state index contributed by atoms with van der Waals surface area (Å²) >= 11 is 0. The van der Waals surface area contributed by atoms with Crippen molar-refractivity contribution in [2.24, 2.45) is 11.8 Å². The van der Waals surface area contributed by atoms with Crippen LogP contribution < -0.4 is 0 Å². The van der Waals surface area contributed by atoms with Gasteiger partial charge >= 0.3 is 0 Å². The van der Waals surface area contributed by atoms with E-state index in [1.54, 1.807) is 0 Å². The minimum atomic E-state index is 0.185. The summed E-state index contributed by atoms with van der Waals surface area (Å²) in [5, 5.41) is 0. The van der Waals surface area contributed by atoms with Gasteiger partial charge in [0.15, 0.2) is 0 Å². The van der Waals surface area contributed by atoms with Gasteiger partial charge in [0.25, 0.3) is 0 Å². The second kappa shape index (κ2) is 2.71. The third-order valence-corrected chi connectivity index (χ3v) is 3.84. The van der Waals surface area contributed by atoms with E-state index in [0.717, 1.165) is 0 Å². The van der Waals surface area contributed by atoms with Gasteiger partial charge in [-0.1, -0.05) is 42.5 Å². The quantitative estimate of drug-likeness (QED) is 0.511. The van der Waals surface area contributed by atoms with Crippen LogP contribution in [-0.2, 0) is 9.78 Å². The minimum absolute atomic E-state index is 0.185. The Morgan fingerprint density at radius 3 is 1.93 bits per heavy atom. The molecule has 2 heterocycles. The molecule has 2 nitrogen and oxygen atoms in total. The van der Waals surface area contributed by atoms with Crippen LogP contribution in [0.3, 0.4) is 0 Å². The molecule has 0 amide bonds. The second-order valence-electron chi connectivity index (χ2n) is 4.60. The lowest BCUT2D eigenvalue weighted by molar-refractivity contribution is -0.364. The predicted octanol–water partition coefficient (Wildman–Crippen LogP) is 2.29. The van der Waals surface area contributed by atoms with Gasteiger partial charge in [0, 0.05) is 11.8 Å². The summed E-state index contributed by atoms with van der Waals surface area (Å²) in [7, 11) is 0. The minimum Gasteiger partial charge on any atom is -0.228 e. The molecule has 2 aliphatic heterocycles. The molecule has 1 saturated heterocycles. The van der Waals surface area contributed by atoms with Crippen LogP contribution >= 0.6 is 0 Å². The number of rotatable bonds is 1. The van der Waals surface area contributed by atoms with E-state index in [9.17, 15) is 0 Å². The molecule has 15 heavy (non-hydrogen) atoms. The summed E-state index contributed by atoms with van der Waals surface area (Å²) < 4.78 is 0. The van der Waals surface area contributed by atoms with Gasteiger partial charge in [-0.2, -0.15) is 0 Å². The largest absolute Gasteiger partial charge is 0.228 e. The molecule has 2 heteroatoms. The molecular weight excluding hydrogens is 188 g/mol. The second-order valence-corrected chi connectivity index (χ2v) is 4.60.